The Morgan fingerprint density at radius 1 is 1.44 bits per heavy atom. The lowest BCUT2D eigenvalue weighted by Crippen LogP contribution is -1.93. The van der Waals surface area contributed by atoms with Gasteiger partial charge in [-0.1, -0.05) is 0 Å². The SMILES string of the molecule is COc1ccc(-c2n[nH]c(S(=O)(=O)Cl)n2)cc1F. The third-order valence-electron chi connectivity index (χ3n) is 2.11. The summed E-state index contributed by atoms with van der Waals surface area (Å²) in [4.78, 5) is 3.65. The molecule has 0 aliphatic heterocycles. The highest BCUT2D eigenvalue weighted by atomic mass is 35.7. The first-order valence-corrected chi connectivity index (χ1v) is 6.93. The quantitative estimate of drug-likeness (QED) is 0.867. The van der Waals surface area contributed by atoms with E-state index in [-0.39, 0.29) is 11.6 Å². The van der Waals surface area contributed by atoms with Gasteiger partial charge in [0.25, 0.3) is 14.2 Å². The van der Waals surface area contributed by atoms with Crippen molar-refractivity contribution in [1.82, 2.24) is 15.2 Å². The average Bonchev–Trinajstić information content (AvgIpc) is 2.77. The van der Waals surface area contributed by atoms with Crippen LogP contribution in [0.25, 0.3) is 11.4 Å². The second-order valence-electron chi connectivity index (χ2n) is 3.25. The van der Waals surface area contributed by atoms with Crippen molar-refractivity contribution in [3.05, 3.63) is 24.0 Å². The molecule has 9 heteroatoms. The van der Waals surface area contributed by atoms with Gasteiger partial charge in [0.15, 0.2) is 17.4 Å². The summed E-state index contributed by atoms with van der Waals surface area (Å²) in [5.41, 5.74) is 0.302. The van der Waals surface area contributed by atoms with Crippen LogP contribution >= 0.6 is 10.7 Å². The van der Waals surface area contributed by atoms with Gasteiger partial charge in [0.1, 0.15) is 0 Å². The summed E-state index contributed by atoms with van der Waals surface area (Å²) in [6, 6.07) is 4.01. The highest BCUT2D eigenvalue weighted by Gasteiger charge is 2.17. The summed E-state index contributed by atoms with van der Waals surface area (Å²) < 4.78 is 40.2. The topological polar surface area (TPSA) is 84.9 Å². The molecule has 0 saturated heterocycles. The van der Waals surface area contributed by atoms with Gasteiger partial charge in [-0.25, -0.2) is 17.9 Å². The lowest BCUT2D eigenvalue weighted by molar-refractivity contribution is 0.386. The predicted octanol–water partition coefficient (Wildman–Crippen LogP) is 1.55. The first kappa shape index (κ1) is 12.8. The van der Waals surface area contributed by atoms with Crippen LogP contribution < -0.4 is 4.74 Å². The maximum Gasteiger partial charge on any atom is 0.296 e. The smallest absolute Gasteiger partial charge is 0.296 e. The van der Waals surface area contributed by atoms with Gasteiger partial charge in [-0.3, -0.25) is 0 Å². The van der Waals surface area contributed by atoms with Gasteiger partial charge in [0, 0.05) is 16.2 Å². The lowest BCUT2D eigenvalue weighted by atomic mass is 10.2. The zero-order chi connectivity index (χ0) is 13.3. The number of halogens is 2. The molecular formula is C9H7ClFN3O3S. The Balaban J connectivity index is 2.44. The Hall–Kier alpha value is -1.67. The molecule has 2 rings (SSSR count). The van der Waals surface area contributed by atoms with Crippen LogP contribution in [0.5, 0.6) is 5.75 Å². The summed E-state index contributed by atoms with van der Waals surface area (Å²) in [5, 5.41) is 5.31. The summed E-state index contributed by atoms with van der Waals surface area (Å²) in [6.45, 7) is 0. The van der Waals surface area contributed by atoms with Crippen molar-refractivity contribution in [2.75, 3.05) is 7.11 Å². The first-order chi connectivity index (χ1) is 8.41. The second-order valence-corrected chi connectivity index (χ2v) is 5.73. The van der Waals surface area contributed by atoms with Gasteiger partial charge >= 0.3 is 0 Å². The fourth-order valence-electron chi connectivity index (χ4n) is 1.29. The molecule has 0 amide bonds. The molecule has 0 spiro atoms. The van der Waals surface area contributed by atoms with E-state index in [4.69, 9.17) is 15.4 Å². The normalized spacial score (nSPS) is 11.5. The maximum atomic E-state index is 13.4. The summed E-state index contributed by atoms with van der Waals surface area (Å²) in [6.07, 6.45) is 0. The van der Waals surface area contributed by atoms with E-state index >= 15 is 0 Å². The lowest BCUT2D eigenvalue weighted by Gasteiger charge is -2.02. The van der Waals surface area contributed by atoms with Crippen LogP contribution in [0.15, 0.2) is 23.4 Å². The molecule has 0 atom stereocenters. The van der Waals surface area contributed by atoms with E-state index in [0.29, 0.717) is 5.56 Å². The van der Waals surface area contributed by atoms with Gasteiger partial charge in [-0.15, -0.1) is 0 Å². The van der Waals surface area contributed by atoms with Crippen LogP contribution in [0.2, 0.25) is 0 Å². The van der Waals surface area contributed by atoms with E-state index < -0.39 is 20.0 Å². The molecule has 96 valence electrons. The molecule has 0 fully saturated rings. The molecule has 0 aliphatic rings. The minimum atomic E-state index is -3.99. The Bertz CT molecular complexity index is 686. The van der Waals surface area contributed by atoms with Gasteiger partial charge in [0.2, 0.25) is 0 Å². The van der Waals surface area contributed by atoms with Crippen molar-refractivity contribution in [3.8, 4) is 17.1 Å². The fourth-order valence-corrected chi connectivity index (χ4v) is 1.85. The van der Waals surface area contributed by atoms with Crippen LogP contribution in [-0.2, 0) is 9.05 Å². The molecule has 0 aliphatic carbocycles. The van der Waals surface area contributed by atoms with E-state index in [1.54, 1.807) is 0 Å². The highest BCUT2D eigenvalue weighted by Crippen LogP contribution is 2.23. The number of hydrogen-bond acceptors (Lipinski definition) is 5. The Kier molecular flexibility index (Phi) is 3.22. The third-order valence-corrected chi connectivity index (χ3v) is 3.19. The largest absolute Gasteiger partial charge is 0.494 e. The first-order valence-electron chi connectivity index (χ1n) is 4.63. The number of aromatic amines is 1. The fraction of sp³-hybridized carbons (Fsp3) is 0.111. The molecule has 0 saturated carbocycles. The zero-order valence-electron chi connectivity index (χ0n) is 9.02. The standard InChI is InChI=1S/C9H7ClFN3O3S/c1-17-7-3-2-5(4-6(7)11)8-12-9(14-13-8)18(10,15)16/h2-4H,1H3,(H,12,13,14). The van der Waals surface area contributed by atoms with E-state index in [2.05, 4.69) is 15.2 Å². The van der Waals surface area contributed by atoms with E-state index in [0.717, 1.165) is 6.07 Å². The highest BCUT2D eigenvalue weighted by molar-refractivity contribution is 8.13. The molecule has 1 aromatic carbocycles. The number of nitrogens with one attached hydrogen (secondary N) is 1. The van der Waals surface area contributed by atoms with E-state index in [1.807, 2.05) is 0 Å². The molecule has 6 nitrogen and oxygen atoms in total. The number of H-pyrrole nitrogens is 1. The number of aromatic nitrogens is 3. The minimum absolute atomic E-state index is 0.0239. The van der Waals surface area contributed by atoms with Gasteiger partial charge in [-0.2, -0.15) is 10.1 Å². The molecule has 2 aromatic rings. The molecule has 0 radical (unpaired) electrons. The van der Waals surface area contributed by atoms with E-state index in [1.165, 1.54) is 19.2 Å². The average molecular weight is 292 g/mol. The Morgan fingerprint density at radius 3 is 2.67 bits per heavy atom. The minimum Gasteiger partial charge on any atom is -0.494 e. The van der Waals surface area contributed by atoms with Crippen LogP contribution in [-0.4, -0.2) is 30.7 Å². The zero-order valence-corrected chi connectivity index (χ0v) is 10.6. The molecule has 0 bridgehead atoms. The molecular weight excluding hydrogens is 285 g/mol. The molecule has 1 N–H and O–H groups in total. The van der Waals surface area contributed by atoms with Gasteiger partial charge in [0.05, 0.1) is 7.11 Å². The van der Waals surface area contributed by atoms with Crippen LogP contribution in [0.3, 0.4) is 0 Å². The predicted molar refractivity (Wildman–Crippen MR) is 61.4 cm³/mol. The summed E-state index contributed by atoms with van der Waals surface area (Å²) in [7, 11) is 2.43. The summed E-state index contributed by atoms with van der Waals surface area (Å²) in [5.74, 6) is -0.509. The second kappa shape index (κ2) is 4.54. The van der Waals surface area contributed by atoms with Crippen LogP contribution in [0.1, 0.15) is 0 Å². The monoisotopic (exact) mass is 291 g/mol. The van der Waals surface area contributed by atoms with Crippen LogP contribution in [0, 0.1) is 5.82 Å². The van der Waals surface area contributed by atoms with Crippen molar-refractivity contribution >= 4 is 19.7 Å². The number of nitrogens with zero attached hydrogens (tertiary/aromatic N) is 2. The summed E-state index contributed by atoms with van der Waals surface area (Å²) >= 11 is 0. The molecule has 1 heterocycles. The van der Waals surface area contributed by atoms with Crippen molar-refractivity contribution in [1.29, 1.82) is 0 Å². The third kappa shape index (κ3) is 2.44. The van der Waals surface area contributed by atoms with Crippen molar-refractivity contribution in [3.63, 3.8) is 0 Å². The maximum absolute atomic E-state index is 13.4. The van der Waals surface area contributed by atoms with Gasteiger partial charge in [-0.05, 0) is 18.2 Å². The van der Waals surface area contributed by atoms with Crippen LogP contribution in [0.4, 0.5) is 4.39 Å². The Labute approximate surface area is 106 Å². The molecule has 1 aromatic heterocycles. The Morgan fingerprint density at radius 2 is 2.17 bits per heavy atom. The van der Waals surface area contributed by atoms with Crippen molar-refractivity contribution in [2.45, 2.75) is 5.16 Å². The number of rotatable bonds is 3. The number of ether oxygens (including phenoxy) is 1. The van der Waals surface area contributed by atoms with Crippen molar-refractivity contribution < 1.29 is 17.5 Å². The van der Waals surface area contributed by atoms with Crippen molar-refractivity contribution in [2.24, 2.45) is 0 Å². The number of methoxy groups -OCH3 is 1. The van der Waals surface area contributed by atoms with E-state index in [9.17, 15) is 12.8 Å². The number of benzene rings is 1. The van der Waals surface area contributed by atoms with Gasteiger partial charge < -0.3 is 4.74 Å². The number of hydrogen-bond donors (Lipinski definition) is 1. The molecule has 18 heavy (non-hydrogen) atoms. The molecule has 0 unspecified atom stereocenters.